The molecule has 0 spiro atoms. The lowest BCUT2D eigenvalue weighted by Crippen LogP contribution is -2.08. The van der Waals surface area contributed by atoms with E-state index in [1.54, 1.807) is 18.2 Å². The van der Waals surface area contributed by atoms with E-state index < -0.39 is 29.1 Å². The molecule has 4 rings (SSSR count). The molecule has 1 aliphatic rings. The SMILES string of the molecule is CCCOc1ccc(-c2ccc(C3=CCC(c4ccc(C)c(F)c4F)CC3)cc2F)c(F)c1F. The van der Waals surface area contributed by atoms with Gasteiger partial charge in [-0.3, -0.25) is 0 Å². The summed E-state index contributed by atoms with van der Waals surface area (Å²) in [5.41, 5.74) is 1.89. The molecule has 0 fully saturated rings. The Balaban J connectivity index is 1.55. The Morgan fingerprint density at radius 3 is 2.29 bits per heavy atom. The van der Waals surface area contributed by atoms with Crippen LogP contribution in [0.3, 0.4) is 0 Å². The van der Waals surface area contributed by atoms with Crippen LogP contribution in [-0.4, -0.2) is 6.61 Å². The van der Waals surface area contributed by atoms with Crippen molar-refractivity contribution in [1.29, 1.82) is 0 Å². The third kappa shape index (κ3) is 4.59. The highest BCUT2D eigenvalue weighted by Crippen LogP contribution is 2.39. The Morgan fingerprint density at radius 1 is 0.853 bits per heavy atom. The molecular weight excluding hydrogens is 447 g/mol. The van der Waals surface area contributed by atoms with Crippen molar-refractivity contribution in [2.75, 3.05) is 6.61 Å². The van der Waals surface area contributed by atoms with Crippen molar-refractivity contribution in [2.45, 2.75) is 45.4 Å². The molecule has 0 heterocycles. The first-order valence-electron chi connectivity index (χ1n) is 11.4. The Labute approximate surface area is 195 Å². The molecule has 0 bridgehead atoms. The molecule has 1 unspecified atom stereocenters. The van der Waals surface area contributed by atoms with Crippen LogP contribution in [0.2, 0.25) is 0 Å². The van der Waals surface area contributed by atoms with Crippen LogP contribution in [0.4, 0.5) is 22.0 Å². The van der Waals surface area contributed by atoms with E-state index in [1.807, 2.05) is 13.0 Å². The number of hydrogen-bond donors (Lipinski definition) is 0. The summed E-state index contributed by atoms with van der Waals surface area (Å²) in [4.78, 5) is 0. The van der Waals surface area contributed by atoms with Crippen LogP contribution in [0.1, 0.15) is 55.2 Å². The molecule has 3 aromatic rings. The van der Waals surface area contributed by atoms with Gasteiger partial charge in [0.1, 0.15) is 5.82 Å². The Morgan fingerprint density at radius 2 is 1.62 bits per heavy atom. The summed E-state index contributed by atoms with van der Waals surface area (Å²) < 4.78 is 77.4. The lowest BCUT2D eigenvalue weighted by Gasteiger charge is -2.23. The maximum Gasteiger partial charge on any atom is 0.201 e. The minimum Gasteiger partial charge on any atom is -0.490 e. The first kappa shape index (κ1) is 24.0. The molecule has 0 radical (unpaired) electrons. The van der Waals surface area contributed by atoms with Crippen LogP contribution in [0.5, 0.6) is 5.75 Å². The van der Waals surface area contributed by atoms with Gasteiger partial charge in [-0.15, -0.1) is 0 Å². The van der Waals surface area contributed by atoms with Gasteiger partial charge in [-0.05, 0) is 79.0 Å². The average molecular weight is 472 g/mol. The normalized spacial score (nSPS) is 15.9. The zero-order valence-electron chi connectivity index (χ0n) is 19.0. The van der Waals surface area contributed by atoms with Gasteiger partial charge in [0.25, 0.3) is 0 Å². The maximum absolute atomic E-state index is 14.9. The number of hydrogen-bond acceptors (Lipinski definition) is 1. The number of benzene rings is 3. The van der Waals surface area contributed by atoms with Gasteiger partial charge in [0.2, 0.25) is 5.82 Å². The molecule has 0 aromatic heterocycles. The van der Waals surface area contributed by atoms with Crippen molar-refractivity contribution in [3.8, 4) is 16.9 Å². The fourth-order valence-electron chi connectivity index (χ4n) is 4.35. The van der Waals surface area contributed by atoms with Crippen molar-refractivity contribution in [2.24, 2.45) is 0 Å². The van der Waals surface area contributed by atoms with E-state index in [9.17, 15) is 22.0 Å². The molecule has 0 saturated carbocycles. The molecule has 34 heavy (non-hydrogen) atoms. The summed E-state index contributed by atoms with van der Waals surface area (Å²) in [6.07, 6.45) is 4.20. The fraction of sp³-hybridized carbons (Fsp3) is 0.286. The molecule has 0 amide bonds. The van der Waals surface area contributed by atoms with Gasteiger partial charge in [0.05, 0.1) is 6.61 Å². The molecule has 1 nitrogen and oxygen atoms in total. The highest BCUT2D eigenvalue weighted by Gasteiger charge is 2.23. The van der Waals surface area contributed by atoms with Crippen LogP contribution in [-0.2, 0) is 0 Å². The maximum atomic E-state index is 14.9. The smallest absolute Gasteiger partial charge is 0.201 e. The minimum atomic E-state index is -1.16. The second-order valence-electron chi connectivity index (χ2n) is 8.58. The third-order valence-corrected chi connectivity index (χ3v) is 6.29. The fourth-order valence-corrected chi connectivity index (χ4v) is 4.35. The lowest BCUT2D eigenvalue weighted by molar-refractivity contribution is 0.295. The van der Waals surface area contributed by atoms with Crippen LogP contribution >= 0.6 is 0 Å². The first-order chi connectivity index (χ1) is 16.3. The number of allylic oxidation sites excluding steroid dienone is 2. The summed E-state index contributed by atoms with van der Waals surface area (Å²) in [6.45, 7) is 3.62. The van der Waals surface area contributed by atoms with Gasteiger partial charge < -0.3 is 4.74 Å². The molecule has 0 saturated heterocycles. The second-order valence-corrected chi connectivity index (χ2v) is 8.58. The summed E-state index contributed by atoms with van der Waals surface area (Å²) in [6, 6.07) is 10.2. The molecule has 3 aromatic carbocycles. The van der Waals surface area contributed by atoms with Gasteiger partial charge in [-0.2, -0.15) is 4.39 Å². The van der Waals surface area contributed by atoms with Crippen molar-refractivity contribution >= 4 is 5.57 Å². The molecule has 6 heteroatoms. The van der Waals surface area contributed by atoms with Crippen molar-refractivity contribution < 1.29 is 26.7 Å². The summed E-state index contributed by atoms with van der Waals surface area (Å²) >= 11 is 0. The first-order valence-corrected chi connectivity index (χ1v) is 11.4. The summed E-state index contributed by atoms with van der Waals surface area (Å²) in [7, 11) is 0. The van der Waals surface area contributed by atoms with Crippen molar-refractivity contribution in [3.63, 3.8) is 0 Å². The van der Waals surface area contributed by atoms with Gasteiger partial charge in [-0.25, -0.2) is 17.6 Å². The van der Waals surface area contributed by atoms with Crippen molar-refractivity contribution in [3.05, 3.63) is 94.3 Å². The highest BCUT2D eigenvalue weighted by molar-refractivity contribution is 5.72. The second kappa shape index (κ2) is 10.00. The van der Waals surface area contributed by atoms with E-state index in [1.165, 1.54) is 31.2 Å². The molecule has 178 valence electrons. The van der Waals surface area contributed by atoms with Gasteiger partial charge in [0.15, 0.2) is 23.2 Å². The van der Waals surface area contributed by atoms with Crippen LogP contribution in [0, 0.1) is 36.0 Å². The number of ether oxygens (including phenoxy) is 1. The number of halogens is 5. The van der Waals surface area contributed by atoms with Gasteiger partial charge >= 0.3 is 0 Å². The molecular formula is C28H25F5O. The zero-order chi connectivity index (χ0) is 24.4. The van der Waals surface area contributed by atoms with Crippen molar-refractivity contribution in [1.82, 2.24) is 0 Å². The number of aryl methyl sites for hydroxylation is 1. The highest BCUT2D eigenvalue weighted by atomic mass is 19.2. The average Bonchev–Trinajstić information content (AvgIpc) is 2.84. The van der Waals surface area contributed by atoms with E-state index in [0.29, 0.717) is 36.8 Å². The molecule has 1 atom stereocenters. The predicted octanol–water partition coefficient (Wildman–Crippen LogP) is 8.50. The zero-order valence-corrected chi connectivity index (χ0v) is 19.0. The Bertz CT molecular complexity index is 1250. The van der Waals surface area contributed by atoms with Gasteiger partial charge in [-0.1, -0.05) is 37.3 Å². The van der Waals surface area contributed by atoms with Crippen LogP contribution in [0.25, 0.3) is 16.7 Å². The monoisotopic (exact) mass is 472 g/mol. The van der Waals surface area contributed by atoms with E-state index >= 15 is 0 Å². The third-order valence-electron chi connectivity index (χ3n) is 6.29. The largest absolute Gasteiger partial charge is 0.490 e. The molecule has 0 aliphatic heterocycles. The standard InChI is InChI=1S/C28H25F5O/c1-3-14-34-24-13-12-22(27(32)28(24)33)21-11-9-19(15-23(21)29)17-5-7-18(8-6-17)20-10-4-16(2)25(30)26(20)31/h4-5,9-13,15,18H,3,6-8,14H2,1-2H3. The summed E-state index contributed by atoms with van der Waals surface area (Å²) in [5.74, 6) is -4.97. The minimum absolute atomic E-state index is 0.0475. The van der Waals surface area contributed by atoms with Crippen LogP contribution in [0.15, 0.2) is 48.5 Å². The van der Waals surface area contributed by atoms with E-state index in [0.717, 1.165) is 5.57 Å². The van der Waals surface area contributed by atoms with E-state index in [4.69, 9.17) is 4.74 Å². The topological polar surface area (TPSA) is 9.23 Å². The summed E-state index contributed by atoms with van der Waals surface area (Å²) in [5, 5.41) is 0. The Hall–Kier alpha value is -3.15. The van der Waals surface area contributed by atoms with E-state index in [2.05, 4.69) is 0 Å². The van der Waals surface area contributed by atoms with E-state index in [-0.39, 0.29) is 35.0 Å². The van der Waals surface area contributed by atoms with Gasteiger partial charge in [0, 0.05) is 11.1 Å². The Kier molecular flexibility index (Phi) is 7.05. The lowest BCUT2D eigenvalue weighted by atomic mass is 9.82. The molecule has 1 aliphatic carbocycles. The number of rotatable bonds is 6. The quantitative estimate of drug-likeness (QED) is 0.327. The predicted molar refractivity (Wildman–Crippen MR) is 123 cm³/mol. The molecule has 0 N–H and O–H groups in total. The van der Waals surface area contributed by atoms with Crippen LogP contribution < -0.4 is 4.74 Å².